The van der Waals surface area contributed by atoms with E-state index in [9.17, 15) is 9.90 Å². The predicted molar refractivity (Wildman–Crippen MR) is 162 cm³/mol. The number of carbonyl (C=O) groups is 1. The van der Waals surface area contributed by atoms with Crippen molar-refractivity contribution in [3.05, 3.63) is 70.9 Å². The van der Waals surface area contributed by atoms with Gasteiger partial charge < -0.3 is 9.52 Å². The monoisotopic (exact) mass is 737 g/mol. The summed E-state index contributed by atoms with van der Waals surface area (Å²) in [6.07, 6.45) is 4.91. The van der Waals surface area contributed by atoms with Gasteiger partial charge in [-0.05, 0) is 69.4 Å². The molecule has 7 heteroatoms. The number of benzene rings is 1. The number of nitrogens with zero attached hydrogens (tertiary/aromatic N) is 2. The fourth-order valence-corrected chi connectivity index (χ4v) is 5.64. The standard InChI is InChI=1S/C20H13N2OS.C13H24O2.Ir/c1-11-6-7-14-13-4-3-5-15(19(13)23-20(14)21-11)16-8-9-18-17(22-16)10-12(2)24-18;1-5-10(6-2)12(14)9-13(15)11(7-3)8-4;/h3-4,6-10H,1-2H3;9-11,14H,5-8H2,1-4H3;/q-1;;/b;12-9-;/i1D3;;. The number of hydrogen-bond donors (Lipinski definition) is 1. The topological polar surface area (TPSA) is 76.2 Å². The maximum atomic E-state index is 11.7. The zero-order valence-corrected chi connectivity index (χ0v) is 26.7. The zero-order valence-electron chi connectivity index (χ0n) is 26.5. The van der Waals surface area contributed by atoms with E-state index in [0.29, 0.717) is 11.3 Å². The number of aliphatic hydroxyl groups excluding tert-OH is 1. The molecule has 0 amide bonds. The van der Waals surface area contributed by atoms with E-state index in [1.54, 1.807) is 17.4 Å². The summed E-state index contributed by atoms with van der Waals surface area (Å²) >= 11 is 1.71. The van der Waals surface area contributed by atoms with Crippen molar-refractivity contribution in [3.63, 3.8) is 0 Å². The molecule has 40 heavy (non-hydrogen) atoms. The van der Waals surface area contributed by atoms with E-state index >= 15 is 0 Å². The minimum Gasteiger partial charge on any atom is -0.512 e. The number of thiophene rings is 1. The number of carbonyl (C=O) groups excluding carboxylic acids is 1. The number of aromatic nitrogens is 2. The third-order valence-corrected chi connectivity index (χ3v) is 8.14. The molecular weight excluding hydrogens is 697 g/mol. The summed E-state index contributed by atoms with van der Waals surface area (Å²) in [7, 11) is 0. The number of aryl methyl sites for hydroxylation is 2. The number of aliphatic hydroxyl groups is 1. The molecular formula is C33H37IrN2O3S-. The molecule has 4 aromatic heterocycles. The normalized spacial score (nSPS) is 13.2. The molecule has 5 aromatic rings. The molecule has 4 heterocycles. The van der Waals surface area contributed by atoms with Crippen molar-refractivity contribution in [1.29, 1.82) is 0 Å². The van der Waals surface area contributed by atoms with Gasteiger partial charge >= 0.3 is 0 Å². The molecule has 1 radical (unpaired) electrons. The molecule has 213 valence electrons. The van der Waals surface area contributed by atoms with Gasteiger partial charge in [0.15, 0.2) is 5.78 Å². The largest absolute Gasteiger partial charge is 0.512 e. The van der Waals surface area contributed by atoms with Crippen LogP contribution in [0.4, 0.5) is 0 Å². The Labute approximate surface area is 258 Å². The quantitative estimate of drug-likeness (QED) is 0.0976. The first-order valence-corrected chi connectivity index (χ1v) is 14.4. The van der Waals surface area contributed by atoms with E-state index in [-0.39, 0.29) is 49.2 Å². The minimum atomic E-state index is -2.27. The number of allylic oxidation sites excluding steroid dienone is 2. The van der Waals surface area contributed by atoms with Gasteiger partial charge in [-0.2, -0.15) is 0 Å². The van der Waals surface area contributed by atoms with Crippen molar-refractivity contribution in [2.45, 2.75) is 67.2 Å². The van der Waals surface area contributed by atoms with E-state index in [2.05, 4.69) is 30.1 Å². The molecule has 0 saturated heterocycles. The first kappa shape index (κ1) is 27.3. The Kier molecular flexibility index (Phi) is 9.67. The third-order valence-electron chi connectivity index (χ3n) is 7.13. The van der Waals surface area contributed by atoms with Gasteiger partial charge in [-0.1, -0.05) is 44.7 Å². The average Bonchev–Trinajstić information content (AvgIpc) is 3.52. The second-order valence-electron chi connectivity index (χ2n) is 9.68. The van der Waals surface area contributed by atoms with Crippen molar-refractivity contribution in [2.75, 3.05) is 0 Å². The van der Waals surface area contributed by atoms with Crippen LogP contribution in [-0.4, -0.2) is 20.9 Å². The van der Waals surface area contributed by atoms with Gasteiger partial charge in [0.05, 0.1) is 21.6 Å². The maximum absolute atomic E-state index is 11.7. The molecule has 0 aliphatic rings. The summed E-state index contributed by atoms with van der Waals surface area (Å²) in [6.45, 7) is 7.86. The van der Waals surface area contributed by atoms with Crippen molar-refractivity contribution in [1.82, 2.24) is 9.97 Å². The van der Waals surface area contributed by atoms with E-state index < -0.39 is 6.85 Å². The molecule has 1 N–H and O–H groups in total. The van der Waals surface area contributed by atoms with Crippen LogP contribution in [0.15, 0.2) is 58.7 Å². The number of fused-ring (bicyclic) bond motifs is 4. The van der Waals surface area contributed by atoms with E-state index in [1.807, 2.05) is 45.9 Å². The molecule has 0 saturated carbocycles. The molecule has 0 fully saturated rings. The second kappa shape index (κ2) is 14.2. The number of pyridine rings is 2. The Morgan fingerprint density at radius 2 is 1.77 bits per heavy atom. The summed E-state index contributed by atoms with van der Waals surface area (Å²) in [5, 5.41) is 11.4. The van der Waals surface area contributed by atoms with Gasteiger partial charge in [-0.3, -0.25) is 9.78 Å². The molecule has 0 aliphatic carbocycles. The van der Waals surface area contributed by atoms with Gasteiger partial charge in [-0.15, -0.1) is 29.5 Å². The van der Waals surface area contributed by atoms with E-state index in [4.69, 9.17) is 13.5 Å². The summed E-state index contributed by atoms with van der Waals surface area (Å²) in [5.74, 6) is 0.547. The Morgan fingerprint density at radius 3 is 2.45 bits per heavy atom. The number of ketones is 1. The van der Waals surface area contributed by atoms with Gasteiger partial charge in [0.25, 0.3) is 0 Å². The van der Waals surface area contributed by atoms with Crippen LogP contribution in [-0.2, 0) is 24.9 Å². The third kappa shape index (κ3) is 6.88. The first-order chi connectivity index (χ1) is 20.0. The SMILES string of the molecule is CCC(CC)C(=O)/C=C(\O)C(CC)CC.[2H]C([2H])([2H])c1ccc2c(n1)oc1c(-c3ccc4sc(C)cc4n3)[c-]ccc12.[Ir]. The van der Waals surface area contributed by atoms with Crippen molar-refractivity contribution >= 4 is 49.4 Å². The van der Waals surface area contributed by atoms with Gasteiger partial charge in [0, 0.05) is 58.1 Å². The molecule has 0 aliphatic heterocycles. The summed E-state index contributed by atoms with van der Waals surface area (Å²) in [6, 6.07) is 16.3. The number of hydrogen-bond acceptors (Lipinski definition) is 6. The molecule has 0 spiro atoms. The Morgan fingerprint density at radius 1 is 1.05 bits per heavy atom. The molecule has 5 rings (SSSR count). The van der Waals surface area contributed by atoms with Crippen LogP contribution in [0.25, 0.3) is 43.5 Å². The smallest absolute Gasteiger partial charge is 0.216 e. The van der Waals surface area contributed by atoms with Crippen molar-refractivity contribution in [3.8, 4) is 11.3 Å². The summed E-state index contributed by atoms with van der Waals surface area (Å²) < 4.78 is 29.8. The Hall–Kier alpha value is -2.86. The first-order valence-electron chi connectivity index (χ1n) is 15.1. The van der Waals surface area contributed by atoms with Crippen LogP contribution >= 0.6 is 11.3 Å². The zero-order chi connectivity index (χ0) is 30.6. The fraction of sp³-hybridized carbons (Fsp3) is 0.364. The number of furan rings is 1. The van der Waals surface area contributed by atoms with Gasteiger partial charge in [0.1, 0.15) is 0 Å². The summed E-state index contributed by atoms with van der Waals surface area (Å²) in [4.78, 5) is 21.9. The van der Waals surface area contributed by atoms with Crippen LogP contribution in [0.3, 0.4) is 0 Å². The van der Waals surface area contributed by atoms with Crippen LogP contribution in [0.5, 0.6) is 0 Å². The number of rotatable bonds is 8. The average molecular weight is 737 g/mol. The van der Waals surface area contributed by atoms with Gasteiger partial charge in [-0.25, -0.2) is 4.98 Å². The summed E-state index contributed by atoms with van der Waals surface area (Å²) in [5.41, 5.74) is 3.40. The Balaban J connectivity index is 0.000000274. The minimum absolute atomic E-state index is 0. The Bertz CT molecular complexity index is 1730. The fourth-order valence-electron chi connectivity index (χ4n) is 4.78. The maximum Gasteiger partial charge on any atom is 0.216 e. The van der Waals surface area contributed by atoms with Crippen LogP contribution < -0.4 is 0 Å². The molecule has 5 nitrogen and oxygen atoms in total. The molecule has 0 unspecified atom stereocenters. The molecule has 1 aromatic carbocycles. The van der Waals surface area contributed by atoms with Crippen LogP contribution in [0.2, 0.25) is 0 Å². The van der Waals surface area contributed by atoms with E-state index in [0.717, 1.165) is 57.9 Å². The second-order valence-corrected chi connectivity index (χ2v) is 11.0. The van der Waals surface area contributed by atoms with Crippen LogP contribution in [0, 0.1) is 31.7 Å². The molecule has 0 bridgehead atoms. The van der Waals surface area contributed by atoms with Crippen molar-refractivity contribution in [2.24, 2.45) is 11.8 Å². The molecule has 0 atom stereocenters. The van der Waals surface area contributed by atoms with Crippen LogP contribution in [0.1, 0.15) is 68.1 Å². The van der Waals surface area contributed by atoms with E-state index in [1.165, 1.54) is 17.0 Å². The predicted octanol–water partition coefficient (Wildman–Crippen LogP) is 9.54. The van der Waals surface area contributed by atoms with Crippen molar-refractivity contribution < 1.29 is 38.5 Å². The van der Waals surface area contributed by atoms with Gasteiger partial charge in [0.2, 0.25) is 5.71 Å².